The van der Waals surface area contributed by atoms with E-state index in [0.717, 1.165) is 0 Å². The Hall–Kier alpha value is 0.270. The van der Waals surface area contributed by atoms with E-state index in [4.69, 9.17) is 0 Å². The van der Waals surface area contributed by atoms with Gasteiger partial charge in [0.1, 0.15) is 0 Å². The summed E-state index contributed by atoms with van der Waals surface area (Å²) in [4.78, 5) is 2.00. The van der Waals surface area contributed by atoms with Gasteiger partial charge in [-0.25, -0.2) is 0 Å². The Labute approximate surface area is 84.7 Å². The van der Waals surface area contributed by atoms with Gasteiger partial charge in [-0.3, -0.25) is 0 Å². The predicted molar refractivity (Wildman–Crippen MR) is 65.4 cm³/mol. The van der Waals surface area contributed by atoms with E-state index in [-0.39, 0.29) is 14.9 Å². The predicted octanol–water partition coefficient (Wildman–Crippen LogP) is 2.69. The zero-order chi connectivity index (χ0) is 8.99. The number of nitrogens with zero attached hydrogens (tertiary/aromatic N) is 1. The lowest BCUT2D eigenvalue weighted by Crippen LogP contribution is -1.99. The van der Waals surface area contributed by atoms with E-state index in [1.165, 1.54) is 0 Å². The van der Waals surface area contributed by atoms with Gasteiger partial charge in [-0.2, -0.15) is 11.8 Å². The van der Waals surface area contributed by atoms with Crippen molar-refractivity contribution in [2.75, 3.05) is 47.9 Å². The van der Waals surface area contributed by atoms with Gasteiger partial charge in [-0.05, 0) is 33.7 Å². The highest BCUT2D eigenvalue weighted by molar-refractivity contribution is 7.97. The summed E-state index contributed by atoms with van der Waals surface area (Å²) in [5.74, 6) is 0. The van der Waals surface area contributed by atoms with Crippen LogP contribution >= 0.6 is 11.8 Å². The lowest BCUT2D eigenvalue weighted by Gasteiger charge is -1.90. The number of methoxy groups -OCH3 is 1. The lowest BCUT2D eigenvalue weighted by atomic mass is 11.0. The molecule has 0 aliphatic heterocycles. The third-order valence-corrected chi connectivity index (χ3v) is 0. The van der Waals surface area contributed by atoms with Crippen LogP contribution in [0.2, 0.25) is 0 Å². The molecule has 0 saturated carbocycles. The molecule has 0 aromatic heterocycles. The van der Waals surface area contributed by atoms with Gasteiger partial charge in [-0.1, -0.05) is 14.9 Å². The Balaban J connectivity index is -0.0000000191. The maximum atomic E-state index is 4.25. The van der Waals surface area contributed by atoms with Gasteiger partial charge in [-0.15, -0.1) is 0 Å². The second kappa shape index (κ2) is 42.8. The molecular formula is C9H29NOS. The third kappa shape index (κ3) is 12100. The Morgan fingerprint density at radius 1 is 0.917 bits per heavy atom. The van der Waals surface area contributed by atoms with Crippen molar-refractivity contribution in [2.24, 2.45) is 0 Å². The lowest BCUT2D eigenvalue weighted by molar-refractivity contribution is 0.277. The molecule has 0 aromatic rings. The van der Waals surface area contributed by atoms with Crippen LogP contribution in [0, 0.1) is 0 Å². The summed E-state index contributed by atoms with van der Waals surface area (Å²) in [6, 6.07) is 0. The molecule has 0 spiro atoms. The topological polar surface area (TPSA) is 12.5 Å². The monoisotopic (exact) mass is 199 g/mol. The van der Waals surface area contributed by atoms with E-state index in [1.54, 1.807) is 26.0 Å². The smallest absolute Gasteiger partial charge is 0.0351 e. The molecule has 0 fully saturated rings. The van der Waals surface area contributed by atoms with Gasteiger partial charge in [0, 0.05) is 14.2 Å². The van der Waals surface area contributed by atoms with Gasteiger partial charge in [0.25, 0.3) is 0 Å². The van der Waals surface area contributed by atoms with Gasteiger partial charge in [0.05, 0.1) is 0 Å². The van der Waals surface area contributed by atoms with Crippen molar-refractivity contribution in [2.45, 2.75) is 14.9 Å². The van der Waals surface area contributed by atoms with E-state index in [9.17, 15) is 0 Å². The van der Waals surface area contributed by atoms with Crippen LogP contribution in [0.1, 0.15) is 14.9 Å². The Morgan fingerprint density at radius 2 is 0.917 bits per heavy atom. The van der Waals surface area contributed by atoms with Gasteiger partial charge < -0.3 is 9.64 Å². The first-order chi connectivity index (χ1) is 4.56. The van der Waals surface area contributed by atoms with Crippen molar-refractivity contribution in [3.05, 3.63) is 0 Å². The van der Waals surface area contributed by atoms with Crippen molar-refractivity contribution in [1.29, 1.82) is 0 Å². The molecule has 0 amide bonds. The largest absolute Gasteiger partial charge is 0.388 e. The summed E-state index contributed by atoms with van der Waals surface area (Å²) >= 11 is 1.75. The molecule has 0 saturated heterocycles. The number of hydrogen-bond donors (Lipinski definition) is 0. The normalized spacial score (nSPS) is 6.00. The van der Waals surface area contributed by atoms with E-state index >= 15 is 0 Å². The third-order valence-electron chi connectivity index (χ3n) is 0. The van der Waals surface area contributed by atoms with Crippen LogP contribution in [0.3, 0.4) is 0 Å². The standard InChI is InChI=1S/C3H9N.C2H6O.C2H6S.2CH4/c1-4(2)3;2*1-3-2;;/h1-3H3;2*1-2H3;2*1H4. The molecule has 3 heteroatoms. The molecule has 0 atom stereocenters. The van der Waals surface area contributed by atoms with Crippen molar-refractivity contribution < 1.29 is 4.74 Å². The summed E-state index contributed by atoms with van der Waals surface area (Å²) < 4.78 is 4.25. The Morgan fingerprint density at radius 3 is 0.917 bits per heavy atom. The first kappa shape index (κ1) is 29.5. The van der Waals surface area contributed by atoms with Crippen molar-refractivity contribution >= 4 is 11.8 Å². The minimum absolute atomic E-state index is 0. The molecule has 0 unspecified atom stereocenters. The van der Waals surface area contributed by atoms with Crippen LogP contribution in [-0.2, 0) is 4.74 Å². The van der Waals surface area contributed by atoms with Crippen LogP contribution in [0.25, 0.3) is 0 Å². The highest BCUT2D eigenvalue weighted by Crippen LogP contribution is 1.70. The molecule has 0 heterocycles. The molecule has 0 aromatic carbocycles. The first-order valence-electron chi connectivity index (χ1n) is 2.97. The number of rotatable bonds is 0. The Kier molecular flexibility index (Phi) is 105. The molecule has 12 heavy (non-hydrogen) atoms. The highest BCUT2D eigenvalue weighted by atomic mass is 32.2. The van der Waals surface area contributed by atoms with Gasteiger partial charge in [0.15, 0.2) is 0 Å². The quantitative estimate of drug-likeness (QED) is 0.595. The molecule has 0 N–H and O–H groups in total. The molecule has 0 aliphatic rings. The number of hydrogen-bond acceptors (Lipinski definition) is 3. The average Bonchev–Trinajstić information content (AvgIpc) is 1.65. The van der Waals surface area contributed by atoms with E-state index in [2.05, 4.69) is 4.74 Å². The second-order valence-corrected chi connectivity index (χ2v) is 2.97. The minimum atomic E-state index is 0. The second-order valence-electron chi connectivity index (χ2n) is 2.16. The van der Waals surface area contributed by atoms with Crippen molar-refractivity contribution in [3.63, 3.8) is 0 Å². The van der Waals surface area contributed by atoms with Gasteiger partial charge in [0.2, 0.25) is 0 Å². The van der Waals surface area contributed by atoms with Crippen LogP contribution in [0.5, 0.6) is 0 Å². The maximum Gasteiger partial charge on any atom is 0.0351 e. The average molecular weight is 199 g/mol. The molecular weight excluding hydrogens is 170 g/mol. The SMILES string of the molecule is C.C.CN(C)C.COC.CSC. The fraction of sp³-hybridized carbons (Fsp3) is 1.00. The van der Waals surface area contributed by atoms with E-state index < -0.39 is 0 Å². The van der Waals surface area contributed by atoms with Crippen LogP contribution in [-0.4, -0.2) is 52.8 Å². The van der Waals surface area contributed by atoms with Gasteiger partial charge >= 0.3 is 0 Å². The van der Waals surface area contributed by atoms with Crippen molar-refractivity contribution in [3.8, 4) is 0 Å². The maximum absolute atomic E-state index is 4.25. The number of thioether (sulfide) groups is 1. The summed E-state index contributed by atoms with van der Waals surface area (Å²) in [5.41, 5.74) is 0. The Bertz CT molecular complexity index is 31.0. The van der Waals surface area contributed by atoms with Crippen LogP contribution in [0.4, 0.5) is 0 Å². The van der Waals surface area contributed by atoms with E-state index in [1.807, 2.05) is 38.6 Å². The fourth-order valence-electron chi connectivity index (χ4n) is 0. The van der Waals surface area contributed by atoms with Crippen LogP contribution in [0.15, 0.2) is 0 Å². The summed E-state index contributed by atoms with van der Waals surface area (Å²) in [6.07, 6.45) is 4.08. The first-order valence-corrected chi connectivity index (χ1v) is 4.61. The zero-order valence-electron chi connectivity index (χ0n) is 8.26. The molecule has 0 rings (SSSR count). The number of ether oxygens (including phenoxy) is 1. The summed E-state index contributed by atoms with van der Waals surface area (Å²) in [7, 11) is 9.25. The molecule has 0 aliphatic carbocycles. The molecule has 82 valence electrons. The fourth-order valence-corrected chi connectivity index (χ4v) is 0. The molecule has 0 bridgehead atoms. The highest BCUT2D eigenvalue weighted by Gasteiger charge is 1.58. The minimum Gasteiger partial charge on any atom is -0.388 e. The zero-order valence-corrected chi connectivity index (χ0v) is 9.08. The summed E-state index contributed by atoms with van der Waals surface area (Å²) in [6.45, 7) is 0. The van der Waals surface area contributed by atoms with E-state index in [0.29, 0.717) is 0 Å². The van der Waals surface area contributed by atoms with Crippen LogP contribution < -0.4 is 0 Å². The van der Waals surface area contributed by atoms with Crippen molar-refractivity contribution in [1.82, 2.24) is 4.90 Å². The summed E-state index contributed by atoms with van der Waals surface area (Å²) in [5, 5.41) is 0. The molecule has 0 radical (unpaired) electrons. The molecule has 2 nitrogen and oxygen atoms in total.